The summed E-state index contributed by atoms with van der Waals surface area (Å²) in [6.07, 6.45) is 4.12. The highest BCUT2D eigenvalue weighted by Gasteiger charge is 2.36. The quantitative estimate of drug-likeness (QED) is 0.773. The molecule has 0 saturated heterocycles. The second-order valence-corrected chi connectivity index (χ2v) is 7.86. The van der Waals surface area contributed by atoms with Gasteiger partial charge in [0.1, 0.15) is 4.34 Å². The lowest BCUT2D eigenvalue weighted by atomic mass is 9.77. The molecule has 1 fully saturated rings. The predicted octanol–water partition coefficient (Wildman–Crippen LogP) is 4.97. The van der Waals surface area contributed by atoms with E-state index in [-0.39, 0.29) is 11.4 Å². The third-order valence-electron chi connectivity index (χ3n) is 3.63. The highest BCUT2D eigenvalue weighted by molar-refractivity contribution is 7.20. The van der Waals surface area contributed by atoms with Crippen molar-refractivity contribution in [1.29, 1.82) is 0 Å². The molecule has 0 spiro atoms. The van der Waals surface area contributed by atoms with Crippen molar-refractivity contribution >= 4 is 52.0 Å². The summed E-state index contributed by atoms with van der Waals surface area (Å²) >= 11 is 19.2. The predicted molar refractivity (Wildman–Crippen MR) is 82.9 cm³/mol. The molecule has 2 rings (SSSR count). The van der Waals surface area contributed by atoms with Gasteiger partial charge in [0.2, 0.25) is 0 Å². The molecular formula is C13H16Cl3NOS. The molecule has 1 aliphatic rings. The average molecular weight is 341 g/mol. The molecule has 1 amide bonds. The van der Waals surface area contributed by atoms with E-state index in [0.717, 1.165) is 19.3 Å². The Balaban J connectivity index is 2.14. The molecule has 1 N–H and O–H groups in total. The van der Waals surface area contributed by atoms with Crippen molar-refractivity contribution in [1.82, 2.24) is 5.32 Å². The van der Waals surface area contributed by atoms with Gasteiger partial charge in [0.15, 0.2) is 0 Å². The van der Waals surface area contributed by atoms with Gasteiger partial charge in [-0.2, -0.15) is 0 Å². The van der Waals surface area contributed by atoms with E-state index in [4.69, 9.17) is 34.8 Å². The SMILES string of the molecule is CC1CCCC(CCl)(NC(=O)c2cc(Cl)sc2Cl)C1. The Kier molecular flexibility index (Phi) is 5.04. The lowest BCUT2D eigenvalue weighted by Gasteiger charge is -2.39. The van der Waals surface area contributed by atoms with Crippen LogP contribution in [0.3, 0.4) is 0 Å². The Bertz CT molecular complexity index is 476. The number of halogens is 3. The zero-order valence-corrected chi connectivity index (χ0v) is 13.7. The van der Waals surface area contributed by atoms with Crippen molar-refractivity contribution in [2.45, 2.75) is 38.1 Å². The Morgan fingerprint density at radius 2 is 2.32 bits per heavy atom. The largest absolute Gasteiger partial charge is 0.345 e. The van der Waals surface area contributed by atoms with Gasteiger partial charge in [-0.1, -0.05) is 43.0 Å². The molecule has 2 unspecified atom stereocenters. The molecule has 106 valence electrons. The van der Waals surface area contributed by atoms with Gasteiger partial charge in [-0.25, -0.2) is 0 Å². The Labute approximate surface area is 132 Å². The van der Waals surface area contributed by atoms with E-state index < -0.39 is 0 Å². The first-order valence-electron chi connectivity index (χ1n) is 6.29. The first-order chi connectivity index (χ1) is 8.96. The van der Waals surface area contributed by atoms with E-state index in [0.29, 0.717) is 26.0 Å². The molecule has 0 aliphatic heterocycles. The van der Waals surface area contributed by atoms with Crippen molar-refractivity contribution < 1.29 is 4.79 Å². The van der Waals surface area contributed by atoms with Gasteiger partial charge in [-0.15, -0.1) is 22.9 Å². The van der Waals surface area contributed by atoms with Gasteiger partial charge in [-0.3, -0.25) is 4.79 Å². The number of nitrogens with one attached hydrogen (secondary N) is 1. The monoisotopic (exact) mass is 339 g/mol. The number of hydrogen-bond donors (Lipinski definition) is 1. The van der Waals surface area contributed by atoms with Crippen LogP contribution >= 0.6 is 46.1 Å². The van der Waals surface area contributed by atoms with Gasteiger partial charge in [0.05, 0.1) is 15.4 Å². The first-order valence-corrected chi connectivity index (χ1v) is 8.40. The van der Waals surface area contributed by atoms with Crippen LogP contribution in [0.4, 0.5) is 0 Å². The van der Waals surface area contributed by atoms with Crippen LogP contribution in [-0.2, 0) is 0 Å². The molecule has 1 saturated carbocycles. The molecule has 0 aromatic carbocycles. The minimum atomic E-state index is -0.311. The van der Waals surface area contributed by atoms with E-state index in [1.807, 2.05) is 0 Å². The van der Waals surface area contributed by atoms with Crippen molar-refractivity contribution in [3.05, 3.63) is 20.3 Å². The number of thiophene rings is 1. The lowest BCUT2D eigenvalue weighted by Crippen LogP contribution is -2.52. The molecule has 6 heteroatoms. The molecule has 2 atom stereocenters. The van der Waals surface area contributed by atoms with Crippen molar-refractivity contribution in [2.24, 2.45) is 5.92 Å². The van der Waals surface area contributed by atoms with Gasteiger partial charge in [-0.05, 0) is 24.8 Å². The van der Waals surface area contributed by atoms with E-state index >= 15 is 0 Å². The fourth-order valence-corrected chi connectivity index (χ4v) is 4.50. The van der Waals surface area contributed by atoms with Crippen LogP contribution in [0, 0.1) is 5.92 Å². The average Bonchev–Trinajstić information content (AvgIpc) is 2.68. The third kappa shape index (κ3) is 3.57. The number of hydrogen-bond acceptors (Lipinski definition) is 2. The molecule has 1 heterocycles. The number of carbonyl (C=O) groups excluding carboxylic acids is 1. The molecule has 1 aromatic rings. The van der Waals surface area contributed by atoms with Crippen LogP contribution in [0.2, 0.25) is 8.67 Å². The summed E-state index contributed by atoms with van der Waals surface area (Å²) in [5.41, 5.74) is 0.132. The van der Waals surface area contributed by atoms with Crippen molar-refractivity contribution in [3.8, 4) is 0 Å². The van der Waals surface area contributed by atoms with Gasteiger partial charge < -0.3 is 5.32 Å². The molecule has 19 heavy (non-hydrogen) atoms. The lowest BCUT2D eigenvalue weighted by molar-refractivity contribution is 0.0868. The van der Waals surface area contributed by atoms with Crippen LogP contribution in [0.15, 0.2) is 6.07 Å². The summed E-state index contributed by atoms with van der Waals surface area (Å²) < 4.78 is 0.947. The van der Waals surface area contributed by atoms with E-state index in [1.165, 1.54) is 17.8 Å². The minimum Gasteiger partial charge on any atom is -0.345 e. The number of alkyl halides is 1. The molecule has 0 bridgehead atoms. The maximum Gasteiger partial charge on any atom is 0.254 e. The highest BCUT2D eigenvalue weighted by atomic mass is 35.5. The van der Waals surface area contributed by atoms with Gasteiger partial charge in [0.25, 0.3) is 5.91 Å². The Morgan fingerprint density at radius 3 is 2.84 bits per heavy atom. The second-order valence-electron chi connectivity index (χ2n) is 5.31. The first kappa shape index (κ1) is 15.4. The van der Waals surface area contributed by atoms with E-state index in [9.17, 15) is 4.79 Å². The van der Waals surface area contributed by atoms with E-state index in [1.54, 1.807) is 6.07 Å². The summed E-state index contributed by atoms with van der Waals surface area (Å²) in [5, 5.41) is 3.08. The zero-order chi connectivity index (χ0) is 14.0. The standard InChI is InChI=1S/C13H16Cl3NOS/c1-8-3-2-4-13(6-8,7-14)17-12(18)9-5-10(15)19-11(9)16/h5,8H,2-4,6-7H2,1H3,(H,17,18). The zero-order valence-electron chi connectivity index (χ0n) is 10.6. The summed E-state index contributed by atoms with van der Waals surface area (Å²) in [4.78, 5) is 12.3. The molecule has 0 radical (unpaired) electrons. The van der Waals surface area contributed by atoms with Crippen LogP contribution in [-0.4, -0.2) is 17.3 Å². The number of rotatable bonds is 3. The van der Waals surface area contributed by atoms with Crippen LogP contribution in [0.5, 0.6) is 0 Å². The van der Waals surface area contributed by atoms with Crippen molar-refractivity contribution in [2.75, 3.05) is 5.88 Å². The molecule has 2 nitrogen and oxygen atoms in total. The summed E-state index contributed by atoms with van der Waals surface area (Å²) in [6, 6.07) is 1.61. The van der Waals surface area contributed by atoms with Crippen LogP contribution < -0.4 is 5.32 Å². The third-order valence-corrected chi connectivity index (χ3v) is 5.63. The summed E-state index contributed by atoms with van der Waals surface area (Å²) in [6.45, 7) is 2.20. The van der Waals surface area contributed by atoms with Crippen LogP contribution in [0.25, 0.3) is 0 Å². The molecule has 1 aromatic heterocycles. The summed E-state index contributed by atoms with van der Waals surface area (Å²) in [5.74, 6) is 0.829. The second kappa shape index (κ2) is 6.21. The number of carbonyl (C=O) groups is 1. The molecule has 1 aliphatic carbocycles. The number of amides is 1. The Morgan fingerprint density at radius 1 is 1.58 bits per heavy atom. The Hall–Kier alpha value is 0.0400. The fraction of sp³-hybridized carbons (Fsp3) is 0.615. The fourth-order valence-electron chi connectivity index (χ4n) is 2.73. The van der Waals surface area contributed by atoms with Crippen molar-refractivity contribution in [3.63, 3.8) is 0 Å². The highest BCUT2D eigenvalue weighted by Crippen LogP contribution is 2.35. The maximum atomic E-state index is 12.3. The molecular weight excluding hydrogens is 325 g/mol. The smallest absolute Gasteiger partial charge is 0.254 e. The van der Waals surface area contributed by atoms with E-state index in [2.05, 4.69) is 12.2 Å². The normalized spacial score (nSPS) is 27.3. The minimum absolute atomic E-state index is 0.178. The topological polar surface area (TPSA) is 29.1 Å². The maximum absolute atomic E-state index is 12.3. The van der Waals surface area contributed by atoms with Gasteiger partial charge >= 0.3 is 0 Å². The summed E-state index contributed by atoms with van der Waals surface area (Å²) in [7, 11) is 0. The van der Waals surface area contributed by atoms with Crippen LogP contribution in [0.1, 0.15) is 43.0 Å². The van der Waals surface area contributed by atoms with Gasteiger partial charge in [0, 0.05) is 5.88 Å².